The molecule has 0 aliphatic heterocycles. The monoisotopic (exact) mass is 240 g/mol. The summed E-state index contributed by atoms with van der Waals surface area (Å²) in [5.41, 5.74) is 3.10. The summed E-state index contributed by atoms with van der Waals surface area (Å²) < 4.78 is 0. The van der Waals surface area contributed by atoms with E-state index in [0.29, 0.717) is 5.78 Å². The maximum Gasteiger partial charge on any atom is 0.145 e. The summed E-state index contributed by atoms with van der Waals surface area (Å²) >= 11 is 0. The van der Waals surface area contributed by atoms with Gasteiger partial charge in [0.25, 0.3) is 0 Å². The third-order valence-electron chi connectivity index (χ3n) is 3.68. The fraction of sp³-hybridized carbons (Fsp3) is 0.471. The predicted octanol–water partition coefficient (Wildman–Crippen LogP) is 3.70. The number of Topliss-reactive ketones (excluding diaryl/α,β-unsaturated/α-hetero) is 1. The zero-order valence-electron chi connectivity index (χ0n) is 11.4. The number of benzene rings is 1. The summed E-state index contributed by atoms with van der Waals surface area (Å²) in [6, 6.07) is 6.07. The van der Waals surface area contributed by atoms with E-state index in [2.05, 4.69) is 18.1 Å². The molecule has 2 rings (SSSR count). The van der Waals surface area contributed by atoms with Crippen molar-refractivity contribution >= 4 is 5.78 Å². The Balaban J connectivity index is 2.41. The molecular formula is C17H20O. The van der Waals surface area contributed by atoms with Crippen molar-refractivity contribution in [3.8, 4) is 12.3 Å². The van der Waals surface area contributed by atoms with Gasteiger partial charge < -0.3 is 0 Å². The van der Waals surface area contributed by atoms with Gasteiger partial charge in [0.05, 0.1) is 0 Å². The molecule has 1 nitrogen and oxygen atoms in total. The quantitative estimate of drug-likeness (QED) is 0.684. The van der Waals surface area contributed by atoms with Gasteiger partial charge in [0, 0.05) is 16.9 Å². The number of terminal acetylenes is 1. The van der Waals surface area contributed by atoms with E-state index in [4.69, 9.17) is 6.42 Å². The van der Waals surface area contributed by atoms with Crippen molar-refractivity contribution in [2.75, 3.05) is 0 Å². The highest BCUT2D eigenvalue weighted by atomic mass is 16.1. The molecule has 0 saturated heterocycles. The van der Waals surface area contributed by atoms with Crippen molar-refractivity contribution < 1.29 is 4.79 Å². The molecule has 1 heteroatoms. The maximum absolute atomic E-state index is 12.5. The van der Waals surface area contributed by atoms with Crippen LogP contribution in [0.4, 0.5) is 0 Å². The average molecular weight is 240 g/mol. The Morgan fingerprint density at radius 1 is 1.39 bits per heavy atom. The van der Waals surface area contributed by atoms with Gasteiger partial charge in [-0.05, 0) is 42.5 Å². The molecule has 18 heavy (non-hydrogen) atoms. The van der Waals surface area contributed by atoms with Crippen LogP contribution in [0.2, 0.25) is 0 Å². The third-order valence-corrected chi connectivity index (χ3v) is 3.68. The Kier molecular flexibility index (Phi) is 3.30. The molecule has 0 radical (unpaired) electrons. The molecule has 1 aromatic rings. The Morgan fingerprint density at radius 2 is 2.11 bits per heavy atom. The van der Waals surface area contributed by atoms with Gasteiger partial charge in [-0.2, -0.15) is 0 Å². The van der Waals surface area contributed by atoms with E-state index < -0.39 is 0 Å². The SMILES string of the molecule is C#Cc1ccc2c(c1)CCCC2C(=O)C(C)(C)C. The molecule has 1 aromatic carbocycles. The highest BCUT2D eigenvalue weighted by Gasteiger charge is 2.33. The lowest BCUT2D eigenvalue weighted by molar-refractivity contribution is -0.128. The number of fused-ring (bicyclic) bond motifs is 1. The lowest BCUT2D eigenvalue weighted by Crippen LogP contribution is -2.29. The summed E-state index contributed by atoms with van der Waals surface area (Å²) in [7, 11) is 0. The molecule has 0 N–H and O–H groups in total. The number of rotatable bonds is 1. The van der Waals surface area contributed by atoms with E-state index >= 15 is 0 Å². The van der Waals surface area contributed by atoms with E-state index in [1.54, 1.807) is 0 Å². The standard InChI is InChI=1S/C17H20O/c1-5-12-9-10-14-13(11-12)7-6-8-15(14)16(18)17(2,3)4/h1,9-11,15H,6-8H2,2-4H3. The maximum atomic E-state index is 12.5. The van der Waals surface area contributed by atoms with E-state index in [-0.39, 0.29) is 11.3 Å². The van der Waals surface area contributed by atoms with Crippen molar-refractivity contribution in [1.82, 2.24) is 0 Å². The van der Waals surface area contributed by atoms with Gasteiger partial charge in [0.15, 0.2) is 0 Å². The van der Waals surface area contributed by atoms with Crippen molar-refractivity contribution in [1.29, 1.82) is 0 Å². The van der Waals surface area contributed by atoms with Crippen molar-refractivity contribution in [2.24, 2.45) is 5.41 Å². The zero-order chi connectivity index (χ0) is 13.3. The first-order chi connectivity index (χ1) is 8.43. The van der Waals surface area contributed by atoms with Crippen LogP contribution in [0, 0.1) is 17.8 Å². The summed E-state index contributed by atoms with van der Waals surface area (Å²) in [6.07, 6.45) is 8.52. The highest BCUT2D eigenvalue weighted by molar-refractivity contribution is 5.90. The van der Waals surface area contributed by atoms with Crippen LogP contribution in [0.15, 0.2) is 18.2 Å². The summed E-state index contributed by atoms with van der Waals surface area (Å²) in [4.78, 5) is 12.5. The van der Waals surface area contributed by atoms with Crippen LogP contribution in [0.25, 0.3) is 0 Å². The second-order valence-electron chi connectivity index (χ2n) is 6.12. The minimum atomic E-state index is -0.274. The topological polar surface area (TPSA) is 17.1 Å². The Labute approximate surface area is 110 Å². The minimum absolute atomic E-state index is 0.0561. The summed E-state index contributed by atoms with van der Waals surface area (Å²) in [5, 5.41) is 0. The first kappa shape index (κ1) is 12.9. The second-order valence-corrected chi connectivity index (χ2v) is 6.12. The number of ketones is 1. The average Bonchev–Trinajstić information content (AvgIpc) is 2.35. The fourth-order valence-electron chi connectivity index (χ4n) is 2.70. The lowest BCUT2D eigenvalue weighted by atomic mass is 9.73. The number of carbonyl (C=O) groups is 1. The van der Waals surface area contributed by atoms with Crippen LogP contribution < -0.4 is 0 Å². The predicted molar refractivity (Wildman–Crippen MR) is 74.5 cm³/mol. The van der Waals surface area contributed by atoms with Crippen molar-refractivity contribution in [2.45, 2.75) is 46.0 Å². The molecule has 0 saturated carbocycles. The molecule has 0 bridgehead atoms. The van der Waals surface area contributed by atoms with E-state index in [0.717, 1.165) is 24.8 Å². The van der Waals surface area contributed by atoms with Gasteiger partial charge >= 0.3 is 0 Å². The van der Waals surface area contributed by atoms with Gasteiger partial charge in [-0.1, -0.05) is 32.8 Å². The van der Waals surface area contributed by atoms with Crippen LogP contribution in [0.1, 0.15) is 56.2 Å². The molecule has 0 heterocycles. The minimum Gasteiger partial charge on any atom is -0.298 e. The molecular weight excluding hydrogens is 220 g/mol. The van der Waals surface area contributed by atoms with E-state index in [1.165, 1.54) is 11.1 Å². The molecule has 1 unspecified atom stereocenters. The molecule has 0 fully saturated rings. The molecule has 1 aliphatic carbocycles. The number of carbonyl (C=O) groups excluding carboxylic acids is 1. The normalized spacial score (nSPS) is 18.9. The van der Waals surface area contributed by atoms with Crippen molar-refractivity contribution in [3.63, 3.8) is 0 Å². The molecule has 94 valence electrons. The number of hydrogen-bond acceptors (Lipinski definition) is 1. The van der Waals surface area contributed by atoms with E-state index in [9.17, 15) is 4.79 Å². The zero-order valence-corrected chi connectivity index (χ0v) is 11.4. The van der Waals surface area contributed by atoms with Gasteiger partial charge in [-0.25, -0.2) is 0 Å². The van der Waals surface area contributed by atoms with Crippen LogP contribution >= 0.6 is 0 Å². The lowest BCUT2D eigenvalue weighted by Gasteiger charge is -2.29. The fourth-order valence-corrected chi connectivity index (χ4v) is 2.70. The highest BCUT2D eigenvalue weighted by Crippen LogP contribution is 2.37. The molecule has 0 aromatic heterocycles. The molecule has 0 amide bonds. The van der Waals surface area contributed by atoms with Crippen LogP contribution in [-0.4, -0.2) is 5.78 Å². The van der Waals surface area contributed by atoms with E-state index in [1.807, 2.05) is 26.8 Å². The first-order valence-electron chi connectivity index (χ1n) is 6.57. The second kappa shape index (κ2) is 4.61. The molecule has 0 spiro atoms. The van der Waals surface area contributed by atoms with Crippen molar-refractivity contribution in [3.05, 3.63) is 34.9 Å². The molecule has 1 aliphatic rings. The summed E-state index contributed by atoms with van der Waals surface area (Å²) in [6.45, 7) is 6.00. The van der Waals surface area contributed by atoms with Crippen LogP contribution in [0.5, 0.6) is 0 Å². The summed E-state index contributed by atoms with van der Waals surface area (Å²) in [5.74, 6) is 3.07. The largest absolute Gasteiger partial charge is 0.298 e. The van der Waals surface area contributed by atoms with Crippen LogP contribution in [-0.2, 0) is 11.2 Å². The van der Waals surface area contributed by atoms with Gasteiger partial charge in [0.1, 0.15) is 5.78 Å². The van der Waals surface area contributed by atoms with Gasteiger partial charge in [-0.15, -0.1) is 6.42 Å². The van der Waals surface area contributed by atoms with Gasteiger partial charge in [-0.3, -0.25) is 4.79 Å². The molecule has 1 atom stereocenters. The Bertz CT molecular complexity index is 511. The smallest absolute Gasteiger partial charge is 0.145 e. The van der Waals surface area contributed by atoms with Gasteiger partial charge in [0.2, 0.25) is 0 Å². The third kappa shape index (κ3) is 2.34. The Hall–Kier alpha value is -1.55. The Morgan fingerprint density at radius 3 is 2.72 bits per heavy atom. The number of aryl methyl sites for hydroxylation is 1. The first-order valence-corrected chi connectivity index (χ1v) is 6.57. The number of hydrogen-bond donors (Lipinski definition) is 0. The van der Waals surface area contributed by atoms with Crippen LogP contribution in [0.3, 0.4) is 0 Å².